The van der Waals surface area contributed by atoms with Gasteiger partial charge in [-0.2, -0.15) is 0 Å². The molecule has 0 spiro atoms. The SMILES string of the molecule is CCC(CC)C(C)n1nnnc1-c1c(N)cccc1OC. The van der Waals surface area contributed by atoms with Crippen molar-refractivity contribution in [2.24, 2.45) is 5.92 Å². The third-order valence-corrected chi connectivity index (χ3v) is 4.11. The molecule has 0 aliphatic carbocycles. The van der Waals surface area contributed by atoms with Crippen LogP contribution in [0.15, 0.2) is 18.2 Å². The maximum Gasteiger partial charge on any atom is 0.188 e. The van der Waals surface area contributed by atoms with Gasteiger partial charge in [-0.3, -0.25) is 0 Å². The van der Waals surface area contributed by atoms with Crippen molar-refractivity contribution in [3.63, 3.8) is 0 Å². The summed E-state index contributed by atoms with van der Waals surface area (Å²) >= 11 is 0. The first-order chi connectivity index (χ1) is 10.1. The van der Waals surface area contributed by atoms with Crippen LogP contribution < -0.4 is 10.5 Å². The minimum atomic E-state index is 0.203. The van der Waals surface area contributed by atoms with E-state index in [1.165, 1.54) is 0 Å². The quantitative estimate of drug-likeness (QED) is 0.827. The fourth-order valence-corrected chi connectivity index (χ4v) is 2.76. The number of hydrogen-bond acceptors (Lipinski definition) is 5. The van der Waals surface area contributed by atoms with Crippen molar-refractivity contribution >= 4 is 5.69 Å². The summed E-state index contributed by atoms with van der Waals surface area (Å²) in [7, 11) is 1.62. The van der Waals surface area contributed by atoms with Crippen molar-refractivity contribution in [1.82, 2.24) is 20.2 Å². The Hall–Kier alpha value is -2.11. The van der Waals surface area contributed by atoms with Crippen molar-refractivity contribution in [1.29, 1.82) is 0 Å². The molecule has 1 aromatic carbocycles. The molecule has 0 aliphatic heterocycles. The van der Waals surface area contributed by atoms with E-state index in [1.807, 2.05) is 22.9 Å². The lowest BCUT2D eigenvalue weighted by molar-refractivity contribution is 0.308. The largest absolute Gasteiger partial charge is 0.496 e. The zero-order chi connectivity index (χ0) is 15.4. The molecular weight excluding hydrogens is 266 g/mol. The minimum absolute atomic E-state index is 0.203. The zero-order valence-electron chi connectivity index (χ0n) is 13.1. The van der Waals surface area contributed by atoms with Gasteiger partial charge >= 0.3 is 0 Å². The Kier molecular flexibility index (Phi) is 4.77. The Labute approximate surface area is 125 Å². The maximum absolute atomic E-state index is 6.11. The molecule has 6 heteroatoms. The molecule has 0 saturated heterocycles. The van der Waals surface area contributed by atoms with Gasteiger partial charge in [0.15, 0.2) is 5.82 Å². The number of hydrogen-bond donors (Lipinski definition) is 1. The normalized spacial score (nSPS) is 12.6. The molecule has 1 atom stereocenters. The molecule has 1 aromatic heterocycles. The van der Waals surface area contributed by atoms with Crippen LogP contribution in [0.4, 0.5) is 5.69 Å². The zero-order valence-corrected chi connectivity index (χ0v) is 13.1. The molecule has 1 unspecified atom stereocenters. The third kappa shape index (κ3) is 2.84. The van der Waals surface area contributed by atoms with Crippen molar-refractivity contribution in [3.8, 4) is 17.1 Å². The van der Waals surface area contributed by atoms with Crippen molar-refractivity contribution < 1.29 is 4.74 Å². The highest BCUT2D eigenvalue weighted by atomic mass is 16.5. The van der Waals surface area contributed by atoms with Crippen LogP contribution in [0, 0.1) is 5.92 Å². The average molecular weight is 289 g/mol. The second-order valence-corrected chi connectivity index (χ2v) is 5.19. The molecule has 0 amide bonds. The van der Waals surface area contributed by atoms with E-state index >= 15 is 0 Å². The second-order valence-electron chi connectivity index (χ2n) is 5.19. The highest BCUT2D eigenvalue weighted by molar-refractivity contribution is 5.77. The Morgan fingerprint density at radius 2 is 2.00 bits per heavy atom. The van der Waals surface area contributed by atoms with Crippen molar-refractivity contribution in [3.05, 3.63) is 18.2 Å². The minimum Gasteiger partial charge on any atom is -0.496 e. The smallest absolute Gasteiger partial charge is 0.188 e. The number of anilines is 1. The van der Waals surface area contributed by atoms with Gasteiger partial charge in [-0.05, 0) is 35.4 Å². The topological polar surface area (TPSA) is 78.9 Å². The van der Waals surface area contributed by atoms with Crippen LogP contribution >= 0.6 is 0 Å². The molecule has 2 rings (SSSR count). The fraction of sp³-hybridized carbons (Fsp3) is 0.533. The molecule has 1 heterocycles. The van der Waals surface area contributed by atoms with E-state index in [-0.39, 0.29) is 6.04 Å². The summed E-state index contributed by atoms with van der Waals surface area (Å²) in [4.78, 5) is 0. The third-order valence-electron chi connectivity index (χ3n) is 4.11. The maximum atomic E-state index is 6.11. The van der Waals surface area contributed by atoms with E-state index in [9.17, 15) is 0 Å². The first-order valence-corrected chi connectivity index (χ1v) is 7.34. The van der Waals surface area contributed by atoms with E-state index in [0.717, 1.165) is 18.4 Å². The van der Waals surface area contributed by atoms with E-state index < -0.39 is 0 Å². The molecule has 0 radical (unpaired) electrons. The summed E-state index contributed by atoms with van der Waals surface area (Å²) < 4.78 is 7.26. The van der Waals surface area contributed by atoms with Crippen molar-refractivity contribution in [2.75, 3.05) is 12.8 Å². The van der Waals surface area contributed by atoms with E-state index in [0.29, 0.717) is 23.2 Å². The molecule has 6 nitrogen and oxygen atoms in total. The summed E-state index contributed by atoms with van der Waals surface area (Å²) in [5.74, 6) is 1.86. The van der Waals surface area contributed by atoms with Gasteiger partial charge < -0.3 is 10.5 Å². The predicted octanol–water partition coefficient (Wildman–Crippen LogP) is 2.93. The van der Waals surface area contributed by atoms with Crippen LogP contribution in [0.25, 0.3) is 11.4 Å². The number of rotatable bonds is 6. The molecule has 0 bridgehead atoms. The number of nitrogen functional groups attached to an aromatic ring is 1. The standard InChI is InChI=1S/C15H23N5O/c1-5-11(6-2)10(3)20-15(17-18-19-20)14-12(16)8-7-9-13(14)21-4/h7-11H,5-6,16H2,1-4H3. The molecular formula is C15H23N5O. The summed E-state index contributed by atoms with van der Waals surface area (Å²) in [5.41, 5.74) is 7.48. The number of nitrogens with two attached hydrogens (primary N) is 1. The number of tetrazole rings is 1. The first kappa shape index (κ1) is 15.3. The monoisotopic (exact) mass is 289 g/mol. The van der Waals surface area contributed by atoms with Crippen molar-refractivity contribution in [2.45, 2.75) is 39.7 Å². The molecule has 0 fully saturated rings. The highest BCUT2D eigenvalue weighted by Crippen LogP contribution is 2.35. The van der Waals surface area contributed by atoms with Gasteiger partial charge in [0.1, 0.15) is 5.75 Å². The van der Waals surface area contributed by atoms with E-state index in [2.05, 4.69) is 36.3 Å². The van der Waals surface area contributed by atoms with E-state index in [1.54, 1.807) is 7.11 Å². The molecule has 114 valence electrons. The van der Waals surface area contributed by atoms with Crippen LogP contribution in [-0.2, 0) is 0 Å². The highest BCUT2D eigenvalue weighted by Gasteiger charge is 2.23. The van der Waals surface area contributed by atoms with Gasteiger partial charge in [-0.15, -0.1) is 5.10 Å². The summed E-state index contributed by atoms with van der Waals surface area (Å²) in [6.45, 7) is 6.52. The lowest BCUT2D eigenvalue weighted by atomic mass is 9.95. The molecule has 21 heavy (non-hydrogen) atoms. The molecule has 2 N–H and O–H groups in total. The second kappa shape index (κ2) is 6.56. The van der Waals surface area contributed by atoms with E-state index in [4.69, 9.17) is 10.5 Å². The first-order valence-electron chi connectivity index (χ1n) is 7.34. The molecule has 0 aliphatic rings. The molecule has 2 aromatic rings. The average Bonchev–Trinajstić information content (AvgIpc) is 2.96. The summed E-state index contributed by atoms with van der Waals surface area (Å²) in [6.07, 6.45) is 2.16. The van der Waals surface area contributed by atoms with Gasteiger partial charge in [0.25, 0.3) is 0 Å². The van der Waals surface area contributed by atoms with Gasteiger partial charge in [-0.25, -0.2) is 4.68 Å². The Balaban J connectivity index is 2.51. The fourth-order valence-electron chi connectivity index (χ4n) is 2.76. The van der Waals surface area contributed by atoms with Crippen LogP contribution in [0.5, 0.6) is 5.75 Å². The van der Waals surface area contributed by atoms with Crippen LogP contribution in [0.1, 0.15) is 39.7 Å². The van der Waals surface area contributed by atoms with Crippen LogP contribution in [-0.4, -0.2) is 27.3 Å². The predicted molar refractivity (Wildman–Crippen MR) is 83.0 cm³/mol. The Morgan fingerprint density at radius 3 is 2.62 bits per heavy atom. The lowest BCUT2D eigenvalue weighted by Gasteiger charge is -2.22. The number of ether oxygens (including phenoxy) is 1. The van der Waals surface area contributed by atoms with Gasteiger partial charge in [-0.1, -0.05) is 32.8 Å². The van der Waals surface area contributed by atoms with Gasteiger partial charge in [0, 0.05) is 5.69 Å². The molecule has 0 saturated carbocycles. The number of nitrogens with zero attached hydrogens (tertiary/aromatic N) is 4. The lowest BCUT2D eigenvalue weighted by Crippen LogP contribution is -2.18. The number of aromatic nitrogens is 4. The Bertz CT molecular complexity index is 591. The summed E-state index contributed by atoms with van der Waals surface area (Å²) in [5, 5.41) is 12.2. The van der Waals surface area contributed by atoms with Crippen LogP contribution in [0.3, 0.4) is 0 Å². The van der Waals surface area contributed by atoms with Gasteiger partial charge in [0.2, 0.25) is 0 Å². The Morgan fingerprint density at radius 1 is 1.29 bits per heavy atom. The summed E-state index contributed by atoms with van der Waals surface area (Å²) in [6, 6.07) is 5.76. The number of benzene rings is 1. The number of methoxy groups -OCH3 is 1. The van der Waals surface area contributed by atoms with Gasteiger partial charge in [0.05, 0.1) is 18.7 Å². The van der Waals surface area contributed by atoms with Crippen LogP contribution in [0.2, 0.25) is 0 Å².